The number of methoxy groups -OCH3 is 1. The van der Waals surface area contributed by atoms with Crippen molar-refractivity contribution in [1.29, 1.82) is 0 Å². The van der Waals surface area contributed by atoms with Crippen LogP contribution in [0.15, 0.2) is 0 Å². The highest BCUT2D eigenvalue weighted by Crippen LogP contribution is 2.29. The van der Waals surface area contributed by atoms with Crippen molar-refractivity contribution in [3.05, 3.63) is 0 Å². The fraction of sp³-hybridized carbons (Fsp3) is 0.917. The summed E-state index contributed by atoms with van der Waals surface area (Å²) < 4.78 is 5.15. The summed E-state index contributed by atoms with van der Waals surface area (Å²) in [7, 11) is 3.75. The predicted molar refractivity (Wildman–Crippen MR) is 67.5 cm³/mol. The first-order valence-corrected chi connectivity index (χ1v) is 6.20. The van der Waals surface area contributed by atoms with Crippen LogP contribution in [0.5, 0.6) is 0 Å². The molecule has 5 heteroatoms. The summed E-state index contributed by atoms with van der Waals surface area (Å²) in [6, 6.07) is 0.631. The number of hydrogen-bond donors (Lipinski definition) is 2. The molecule has 100 valence electrons. The van der Waals surface area contributed by atoms with Gasteiger partial charge in [-0.2, -0.15) is 0 Å². The van der Waals surface area contributed by atoms with E-state index >= 15 is 0 Å². The minimum absolute atomic E-state index is 0.311. The third-order valence-corrected chi connectivity index (χ3v) is 3.93. The Labute approximate surface area is 103 Å². The van der Waals surface area contributed by atoms with Crippen molar-refractivity contribution in [2.45, 2.75) is 50.2 Å². The minimum atomic E-state index is -0.829. The molecule has 1 aliphatic carbocycles. The van der Waals surface area contributed by atoms with Crippen molar-refractivity contribution in [2.24, 2.45) is 11.5 Å². The first-order valence-electron chi connectivity index (χ1n) is 6.20. The molecule has 1 saturated carbocycles. The topological polar surface area (TPSA) is 81.6 Å². The molecule has 1 fully saturated rings. The molecule has 3 unspecified atom stereocenters. The van der Waals surface area contributed by atoms with E-state index in [1.54, 1.807) is 7.11 Å². The Morgan fingerprint density at radius 3 is 2.82 bits per heavy atom. The number of nitrogens with zero attached hydrogens (tertiary/aromatic N) is 1. The molecule has 0 aromatic carbocycles. The predicted octanol–water partition coefficient (Wildman–Crippen LogP) is 0.0785. The number of ether oxygens (including phenoxy) is 1. The van der Waals surface area contributed by atoms with E-state index < -0.39 is 5.54 Å². The van der Waals surface area contributed by atoms with Crippen LogP contribution in [0.3, 0.4) is 0 Å². The first-order chi connectivity index (χ1) is 7.90. The zero-order valence-corrected chi connectivity index (χ0v) is 11.1. The maximum Gasteiger partial charge on any atom is 0.237 e. The van der Waals surface area contributed by atoms with Gasteiger partial charge in [0.1, 0.15) is 0 Å². The van der Waals surface area contributed by atoms with Crippen LogP contribution in [0.4, 0.5) is 0 Å². The average molecular weight is 243 g/mol. The summed E-state index contributed by atoms with van der Waals surface area (Å²) in [6.07, 6.45) is 3.36. The van der Waals surface area contributed by atoms with Gasteiger partial charge in [0.25, 0.3) is 0 Å². The Kier molecular flexibility index (Phi) is 4.91. The Bertz CT molecular complexity index is 272. The lowest BCUT2D eigenvalue weighted by Crippen LogP contribution is -2.58. The lowest BCUT2D eigenvalue weighted by Gasteiger charge is -2.41. The van der Waals surface area contributed by atoms with E-state index in [0.717, 1.165) is 12.8 Å². The summed E-state index contributed by atoms with van der Waals surface area (Å²) >= 11 is 0. The lowest BCUT2D eigenvalue weighted by molar-refractivity contribution is -0.125. The molecule has 1 amide bonds. The summed E-state index contributed by atoms with van der Waals surface area (Å²) in [6.45, 7) is 2.79. The van der Waals surface area contributed by atoms with Gasteiger partial charge in [0.15, 0.2) is 0 Å². The maximum absolute atomic E-state index is 11.4. The Morgan fingerprint density at radius 2 is 2.29 bits per heavy atom. The highest BCUT2D eigenvalue weighted by atomic mass is 16.5. The zero-order chi connectivity index (χ0) is 13.1. The summed E-state index contributed by atoms with van der Waals surface area (Å²) in [4.78, 5) is 13.6. The molecule has 3 atom stereocenters. The molecule has 0 heterocycles. The van der Waals surface area contributed by atoms with E-state index in [1.807, 2.05) is 0 Å². The quantitative estimate of drug-likeness (QED) is 0.716. The number of primary amides is 1. The van der Waals surface area contributed by atoms with Crippen LogP contribution < -0.4 is 11.5 Å². The van der Waals surface area contributed by atoms with Gasteiger partial charge in [-0.05, 0) is 39.7 Å². The van der Waals surface area contributed by atoms with Gasteiger partial charge in [-0.1, -0.05) is 0 Å². The first kappa shape index (κ1) is 14.4. The Morgan fingerprint density at radius 1 is 1.65 bits per heavy atom. The van der Waals surface area contributed by atoms with Crippen molar-refractivity contribution >= 4 is 5.91 Å². The normalized spacial score (nSPS) is 31.5. The Hall–Kier alpha value is -0.650. The second-order valence-corrected chi connectivity index (χ2v) is 5.24. The largest absolute Gasteiger partial charge is 0.383 e. The van der Waals surface area contributed by atoms with E-state index in [9.17, 15) is 4.79 Å². The van der Waals surface area contributed by atoms with E-state index in [4.69, 9.17) is 16.2 Å². The van der Waals surface area contributed by atoms with Crippen LogP contribution in [-0.4, -0.2) is 49.2 Å². The zero-order valence-electron chi connectivity index (χ0n) is 11.1. The standard InChI is InChI=1S/C12H25N3O2/c1-9(8-17-3)15(2)10-5-4-6-12(14,7-10)11(13)16/h9-10H,4-8,14H2,1-3H3,(H2,13,16). The fourth-order valence-electron chi connectivity index (χ4n) is 2.57. The van der Waals surface area contributed by atoms with E-state index in [0.29, 0.717) is 31.5 Å². The summed E-state index contributed by atoms with van der Waals surface area (Å²) in [5.74, 6) is -0.380. The number of nitrogens with two attached hydrogens (primary N) is 2. The second-order valence-electron chi connectivity index (χ2n) is 5.24. The highest BCUT2D eigenvalue weighted by Gasteiger charge is 2.39. The van der Waals surface area contributed by atoms with E-state index in [2.05, 4.69) is 18.9 Å². The van der Waals surface area contributed by atoms with Crippen molar-refractivity contribution in [1.82, 2.24) is 4.90 Å². The lowest BCUT2D eigenvalue weighted by atomic mass is 9.78. The molecule has 1 aliphatic rings. The molecule has 0 spiro atoms. The third kappa shape index (κ3) is 3.40. The van der Waals surface area contributed by atoms with Crippen molar-refractivity contribution in [3.8, 4) is 0 Å². The monoisotopic (exact) mass is 243 g/mol. The van der Waals surface area contributed by atoms with Gasteiger partial charge < -0.3 is 16.2 Å². The molecule has 1 rings (SSSR count). The molecule has 0 aromatic heterocycles. The minimum Gasteiger partial charge on any atom is -0.383 e. The number of rotatable bonds is 5. The van der Waals surface area contributed by atoms with Crippen LogP contribution >= 0.6 is 0 Å². The molecular weight excluding hydrogens is 218 g/mol. The Balaban J connectivity index is 2.63. The molecular formula is C12H25N3O2. The van der Waals surface area contributed by atoms with Gasteiger partial charge in [-0.15, -0.1) is 0 Å². The number of hydrogen-bond acceptors (Lipinski definition) is 4. The van der Waals surface area contributed by atoms with Gasteiger partial charge in [0.05, 0.1) is 12.1 Å². The van der Waals surface area contributed by atoms with Gasteiger partial charge in [0, 0.05) is 19.2 Å². The third-order valence-electron chi connectivity index (χ3n) is 3.93. The number of carbonyl (C=O) groups is 1. The van der Waals surface area contributed by atoms with Crippen LogP contribution in [0, 0.1) is 0 Å². The van der Waals surface area contributed by atoms with Gasteiger partial charge >= 0.3 is 0 Å². The summed E-state index contributed by atoms with van der Waals surface area (Å²) in [5.41, 5.74) is 10.6. The fourth-order valence-corrected chi connectivity index (χ4v) is 2.57. The molecule has 0 aromatic rings. The summed E-state index contributed by atoms with van der Waals surface area (Å²) in [5, 5.41) is 0. The number of amides is 1. The molecule has 0 bridgehead atoms. The van der Waals surface area contributed by atoms with E-state index in [1.165, 1.54) is 0 Å². The second kappa shape index (κ2) is 5.80. The molecule has 0 aliphatic heterocycles. The number of carbonyl (C=O) groups excluding carboxylic acids is 1. The molecule has 4 N–H and O–H groups in total. The van der Waals surface area contributed by atoms with Gasteiger partial charge in [-0.3, -0.25) is 9.69 Å². The van der Waals surface area contributed by atoms with Gasteiger partial charge in [-0.25, -0.2) is 0 Å². The molecule has 5 nitrogen and oxygen atoms in total. The number of likely N-dealkylation sites (N-methyl/N-ethyl adjacent to an activating group) is 1. The molecule has 0 saturated heterocycles. The van der Waals surface area contributed by atoms with Crippen molar-refractivity contribution in [2.75, 3.05) is 20.8 Å². The van der Waals surface area contributed by atoms with E-state index in [-0.39, 0.29) is 5.91 Å². The van der Waals surface area contributed by atoms with Crippen LogP contribution in [-0.2, 0) is 9.53 Å². The van der Waals surface area contributed by atoms with Gasteiger partial charge in [0.2, 0.25) is 5.91 Å². The van der Waals surface area contributed by atoms with Crippen LogP contribution in [0.2, 0.25) is 0 Å². The molecule has 17 heavy (non-hydrogen) atoms. The smallest absolute Gasteiger partial charge is 0.237 e. The molecule has 0 radical (unpaired) electrons. The highest BCUT2D eigenvalue weighted by molar-refractivity contribution is 5.84. The van der Waals surface area contributed by atoms with Crippen LogP contribution in [0.1, 0.15) is 32.6 Å². The average Bonchev–Trinajstić information content (AvgIpc) is 2.28. The van der Waals surface area contributed by atoms with Crippen molar-refractivity contribution in [3.63, 3.8) is 0 Å². The maximum atomic E-state index is 11.4. The van der Waals surface area contributed by atoms with Crippen LogP contribution in [0.25, 0.3) is 0 Å². The van der Waals surface area contributed by atoms with Crippen molar-refractivity contribution < 1.29 is 9.53 Å². The SMILES string of the molecule is COCC(C)N(C)C1CCCC(N)(C(N)=O)C1.